The molecule has 1 saturated heterocycles. The number of hydrogen-bond donors (Lipinski definition) is 2. The van der Waals surface area contributed by atoms with Gasteiger partial charge in [0.15, 0.2) is 0 Å². The molecule has 0 atom stereocenters. The standard InChI is InChI=1S/C21H25N3O3S/c25-21(22-18-7-2-1-3-8-18)23-19-11-13-24(14-12-19)28(26,27)20-10-9-16-5-4-6-17(16)15-20/h1-3,7-10,15,19H,4-6,11-14H2,(H2,22,23,25). The van der Waals surface area contributed by atoms with Crippen molar-refractivity contribution < 1.29 is 13.2 Å². The summed E-state index contributed by atoms with van der Waals surface area (Å²) in [5.74, 6) is 0. The lowest BCUT2D eigenvalue weighted by atomic mass is 10.1. The number of aryl methyl sites for hydroxylation is 2. The van der Waals surface area contributed by atoms with Crippen molar-refractivity contribution in [2.75, 3.05) is 18.4 Å². The molecule has 1 heterocycles. The predicted octanol–water partition coefficient (Wildman–Crippen LogP) is 3.15. The molecule has 4 rings (SSSR count). The molecule has 0 radical (unpaired) electrons. The third kappa shape index (κ3) is 4.05. The Morgan fingerprint density at radius 3 is 2.43 bits per heavy atom. The summed E-state index contributed by atoms with van der Waals surface area (Å²) in [5.41, 5.74) is 3.16. The number of nitrogens with one attached hydrogen (secondary N) is 2. The number of fused-ring (bicyclic) bond motifs is 1. The number of urea groups is 1. The summed E-state index contributed by atoms with van der Waals surface area (Å²) < 4.78 is 27.5. The topological polar surface area (TPSA) is 78.5 Å². The van der Waals surface area contributed by atoms with Crippen LogP contribution in [0.4, 0.5) is 10.5 Å². The van der Waals surface area contributed by atoms with Crippen LogP contribution >= 0.6 is 0 Å². The molecule has 1 fully saturated rings. The maximum Gasteiger partial charge on any atom is 0.319 e. The predicted molar refractivity (Wildman–Crippen MR) is 109 cm³/mol. The molecular formula is C21H25N3O3S. The number of hydrogen-bond acceptors (Lipinski definition) is 3. The summed E-state index contributed by atoms with van der Waals surface area (Å²) in [4.78, 5) is 12.5. The van der Waals surface area contributed by atoms with Crippen LogP contribution in [0.5, 0.6) is 0 Å². The normalized spacial score (nSPS) is 17.9. The number of piperidine rings is 1. The van der Waals surface area contributed by atoms with E-state index in [1.54, 1.807) is 6.07 Å². The van der Waals surface area contributed by atoms with Gasteiger partial charge in [-0.05, 0) is 67.5 Å². The molecule has 148 valence electrons. The lowest BCUT2D eigenvalue weighted by Gasteiger charge is -2.31. The van der Waals surface area contributed by atoms with Crippen molar-refractivity contribution >= 4 is 21.7 Å². The van der Waals surface area contributed by atoms with E-state index < -0.39 is 10.0 Å². The van der Waals surface area contributed by atoms with Crippen molar-refractivity contribution in [2.24, 2.45) is 0 Å². The summed E-state index contributed by atoms with van der Waals surface area (Å²) >= 11 is 0. The molecule has 6 nitrogen and oxygen atoms in total. The molecule has 28 heavy (non-hydrogen) atoms. The van der Waals surface area contributed by atoms with Gasteiger partial charge in [-0.1, -0.05) is 24.3 Å². The van der Waals surface area contributed by atoms with Crippen LogP contribution in [0.3, 0.4) is 0 Å². The SMILES string of the molecule is O=C(Nc1ccccc1)NC1CCN(S(=O)(=O)c2ccc3c(c2)CCC3)CC1. The molecular weight excluding hydrogens is 374 g/mol. The minimum Gasteiger partial charge on any atom is -0.335 e. The van der Waals surface area contributed by atoms with Crippen molar-refractivity contribution in [3.63, 3.8) is 0 Å². The van der Waals surface area contributed by atoms with Gasteiger partial charge in [0.25, 0.3) is 0 Å². The van der Waals surface area contributed by atoms with Gasteiger partial charge < -0.3 is 10.6 Å². The zero-order chi connectivity index (χ0) is 19.6. The third-order valence-electron chi connectivity index (χ3n) is 5.53. The average molecular weight is 400 g/mol. The second kappa shape index (κ2) is 7.93. The Labute approximate surface area is 166 Å². The Morgan fingerprint density at radius 2 is 1.68 bits per heavy atom. The van der Waals surface area contributed by atoms with Crippen molar-refractivity contribution in [3.8, 4) is 0 Å². The maximum atomic E-state index is 13.0. The van der Waals surface area contributed by atoms with Crippen molar-refractivity contribution in [2.45, 2.75) is 43.0 Å². The van der Waals surface area contributed by atoms with Crippen LogP contribution in [0.2, 0.25) is 0 Å². The lowest BCUT2D eigenvalue weighted by molar-refractivity contribution is 0.238. The van der Waals surface area contributed by atoms with E-state index >= 15 is 0 Å². The first-order valence-electron chi connectivity index (χ1n) is 9.77. The van der Waals surface area contributed by atoms with E-state index in [1.807, 2.05) is 42.5 Å². The number of amides is 2. The molecule has 1 aliphatic carbocycles. The Morgan fingerprint density at radius 1 is 0.964 bits per heavy atom. The van der Waals surface area contributed by atoms with Gasteiger partial charge >= 0.3 is 6.03 Å². The number of benzene rings is 2. The molecule has 2 aromatic carbocycles. The zero-order valence-corrected chi connectivity index (χ0v) is 16.5. The number of carbonyl (C=O) groups excluding carboxylic acids is 1. The molecule has 0 aromatic heterocycles. The lowest BCUT2D eigenvalue weighted by Crippen LogP contribution is -2.47. The number of nitrogens with zero attached hydrogens (tertiary/aromatic N) is 1. The van der Waals surface area contributed by atoms with Gasteiger partial charge in [0.1, 0.15) is 0 Å². The van der Waals surface area contributed by atoms with E-state index in [1.165, 1.54) is 9.87 Å². The fraction of sp³-hybridized carbons (Fsp3) is 0.381. The number of rotatable bonds is 4. The molecule has 0 bridgehead atoms. The van der Waals surface area contributed by atoms with Crippen molar-refractivity contribution in [3.05, 3.63) is 59.7 Å². The molecule has 0 spiro atoms. The summed E-state index contributed by atoms with van der Waals surface area (Å²) in [6.07, 6.45) is 4.30. The number of para-hydroxylation sites is 1. The quantitative estimate of drug-likeness (QED) is 0.829. The van der Waals surface area contributed by atoms with Crippen LogP contribution in [0.25, 0.3) is 0 Å². The molecule has 0 saturated carbocycles. The largest absolute Gasteiger partial charge is 0.335 e. The second-order valence-corrected chi connectivity index (χ2v) is 9.36. The first-order chi connectivity index (χ1) is 13.5. The van der Waals surface area contributed by atoms with Crippen molar-refractivity contribution in [1.29, 1.82) is 0 Å². The highest BCUT2D eigenvalue weighted by Gasteiger charge is 2.30. The van der Waals surface area contributed by atoms with Gasteiger partial charge in [-0.3, -0.25) is 0 Å². The smallest absolute Gasteiger partial charge is 0.319 e. The summed E-state index contributed by atoms with van der Waals surface area (Å²) in [6, 6.07) is 14.5. The molecule has 2 aromatic rings. The summed E-state index contributed by atoms with van der Waals surface area (Å²) in [5, 5.41) is 5.74. The maximum absolute atomic E-state index is 13.0. The number of carbonyl (C=O) groups is 1. The van der Waals surface area contributed by atoms with E-state index in [2.05, 4.69) is 10.6 Å². The highest BCUT2D eigenvalue weighted by atomic mass is 32.2. The van der Waals surface area contributed by atoms with Crippen molar-refractivity contribution in [1.82, 2.24) is 9.62 Å². The molecule has 2 aliphatic rings. The van der Waals surface area contributed by atoms with Crippen LogP contribution in [0.15, 0.2) is 53.4 Å². The number of sulfonamides is 1. The minimum absolute atomic E-state index is 0.0322. The minimum atomic E-state index is -3.48. The Balaban J connectivity index is 1.34. The molecule has 2 N–H and O–H groups in total. The second-order valence-electron chi connectivity index (χ2n) is 7.43. The molecule has 1 aliphatic heterocycles. The van der Waals surface area contributed by atoms with Gasteiger partial charge in [0.2, 0.25) is 10.0 Å². The fourth-order valence-electron chi connectivity index (χ4n) is 3.97. The Kier molecular flexibility index (Phi) is 5.37. The number of anilines is 1. The van der Waals surface area contributed by atoms with Gasteiger partial charge in [-0.2, -0.15) is 4.31 Å². The molecule has 7 heteroatoms. The summed E-state index contributed by atoms with van der Waals surface area (Å²) in [7, 11) is -3.48. The molecule has 2 amide bonds. The van der Waals surface area contributed by atoms with Crippen LogP contribution in [0, 0.1) is 0 Å². The van der Waals surface area contributed by atoms with Gasteiger partial charge in [0, 0.05) is 24.8 Å². The van der Waals surface area contributed by atoms with Crippen LogP contribution in [-0.4, -0.2) is 37.9 Å². The first-order valence-corrected chi connectivity index (χ1v) is 11.2. The Bertz CT molecular complexity index is 952. The van der Waals surface area contributed by atoms with Gasteiger partial charge in [-0.25, -0.2) is 13.2 Å². The summed E-state index contributed by atoms with van der Waals surface area (Å²) in [6.45, 7) is 0.825. The van der Waals surface area contributed by atoms with E-state index in [4.69, 9.17) is 0 Å². The third-order valence-corrected chi connectivity index (χ3v) is 7.42. The molecule has 0 unspecified atom stereocenters. The van der Waals surface area contributed by atoms with Crippen LogP contribution in [0.1, 0.15) is 30.4 Å². The van der Waals surface area contributed by atoms with E-state index in [0.717, 1.165) is 30.5 Å². The van der Waals surface area contributed by atoms with Gasteiger partial charge in [-0.15, -0.1) is 0 Å². The zero-order valence-electron chi connectivity index (χ0n) is 15.7. The monoisotopic (exact) mass is 399 g/mol. The highest BCUT2D eigenvalue weighted by Crippen LogP contribution is 2.27. The van der Waals surface area contributed by atoms with Crippen LogP contribution in [-0.2, 0) is 22.9 Å². The van der Waals surface area contributed by atoms with Gasteiger partial charge in [0.05, 0.1) is 4.90 Å². The first kappa shape index (κ1) is 19.0. The average Bonchev–Trinajstić information content (AvgIpc) is 3.17. The van der Waals surface area contributed by atoms with E-state index in [0.29, 0.717) is 30.8 Å². The fourth-order valence-corrected chi connectivity index (χ4v) is 5.49. The van der Waals surface area contributed by atoms with Crippen LogP contribution < -0.4 is 10.6 Å². The van der Waals surface area contributed by atoms with E-state index in [9.17, 15) is 13.2 Å². The highest BCUT2D eigenvalue weighted by molar-refractivity contribution is 7.89. The van der Waals surface area contributed by atoms with E-state index in [-0.39, 0.29) is 12.1 Å². The Hall–Kier alpha value is -2.38.